The van der Waals surface area contributed by atoms with E-state index >= 15 is 0 Å². The normalized spacial score (nSPS) is 12.2. The van der Waals surface area contributed by atoms with Crippen molar-refractivity contribution in [2.45, 2.75) is 25.9 Å². The number of fused-ring (bicyclic) bond motifs is 1. The van der Waals surface area contributed by atoms with Gasteiger partial charge in [-0.25, -0.2) is 9.31 Å². The number of aromatic nitrogens is 3. The third kappa shape index (κ3) is 3.01. The summed E-state index contributed by atoms with van der Waals surface area (Å²) in [5, 5.41) is 16.0. The van der Waals surface area contributed by atoms with Gasteiger partial charge in [0.2, 0.25) is 0 Å². The quantitative estimate of drug-likeness (QED) is 0.753. The van der Waals surface area contributed by atoms with Gasteiger partial charge in [0.25, 0.3) is 5.56 Å². The van der Waals surface area contributed by atoms with E-state index in [1.54, 1.807) is 18.3 Å². The maximum atomic E-state index is 12.8. The fourth-order valence-electron chi connectivity index (χ4n) is 2.71. The monoisotopic (exact) mass is 326 g/mol. The molecule has 3 rings (SSSR count). The molecule has 2 N–H and O–H groups in total. The highest BCUT2D eigenvalue weighted by molar-refractivity contribution is 5.65. The van der Waals surface area contributed by atoms with Crippen LogP contribution in [-0.4, -0.2) is 25.4 Å². The standard InChI is InChI=1S/C17H18N4O3/c1-2-13(18-17(23)24)15-19-21-10-6-9-14(21)16(22)20(15)11-12-7-4-3-5-8-12/h3-10,13,18H,2,11H2,1H3,(H,23,24). The Morgan fingerprint density at radius 3 is 2.67 bits per heavy atom. The Hall–Kier alpha value is -3.09. The van der Waals surface area contributed by atoms with Crippen molar-refractivity contribution in [3.63, 3.8) is 0 Å². The Labute approximate surface area is 138 Å². The molecule has 2 heterocycles. The molecule has 1 amide bonds. The molecule has 1 aromatic carbocycles. The fraction of sp³-hybridized carbons (Fsp3) is 0.235. The number of rotatable bonds is 5. The smallest absolute Gasteiger partial charge is 0.405 e. The van der Waals surface area contributed by atoms with E-state index in [-0.39, 0.29) is 5.56 Å². The van der Waals surface area contributed by atoms with Crippen LogP contribution in [0.1, 0.15) is 30.8 Å². The first-order chi connectivity index (χ1) is 11.6. The molecular weight excluding hydrogens is 308 g/mol. The highest BCUT2D eigenvalue weighted by Gasteiger charge is 2.20. The molecular formula is C17H18N4O3. The number of amides is 1. The van der Waals surface area contributed by atoms with Gasteiger partial charge >= 0.3 is 6.09 Å². The van der Waals surface area contributed by atoms with Crippen LogP contribution < -0.4 is 10.9 Å². The van der Waals surface area contributed by atoms with Crippen LogP contribution in [0.25, 0.3) is 5.52 Å². The number of hydrogen-bond acceptors (Lipinski definition) is 3. The lowest BCUT2D eigenvalue weighted by Crippen LogP contribution is -2.35. The molecule has 7 heteroatoms. The molecule has 124 valence electrons. The van der Waals surface area contributed by atoms with Crippen LogP contribution in [-0.2, 0) is 6.54 Å². The summed E-state index contributed by atoms with van der Waals surface area (Å²) >= 11 is 0. The Morgan fingerprint density at radius 2 is 2.00 bits per heavy atom. The van der Waals surface area contributed by atoms with Crippen molar-refractivity contribution in [1.29, 1.82) is 0 Å². The second kappa shape index (κ2) is 6.57. The highest BCUT2D eigenvalue weighted by atomic mass is 16.4. The van der Waals surface area contributed by atoms with Gasteiger partial charge in [0.15, 0.2) is 5.82 Å². The SMILES string of the molecule is CCC(NC(=O)O)c1nn2cccc2c(=O)n1Cc1ccccc1. The van der Waals surface area contributed by atoms with Gasteiger partial charge in [-0.2, -0.15) is 5.10 Å². The summed E-state index contributed by atoms with van der Waals surface area (Å²) in [6, 6.07) is 12.4. The second-order valence-electron chi connectivity index (χ2n) is 5.48. The molecule has 2 aromatic heterocycles. The van der Waals surface area contributed by atoms with Crippen molar-refractivity contribution >= 4 is 11.6 Å². The predicted octanol–water partition coefficient (Wildman–Crippen LogP) is 2.26. The van der Waals surface area contributed by atoms with Gasteiger partial charge in [0.05, 0.1) is 12.6 Å². The van der Waals surface area contributed by atoms with E-state index in [0.717, 1.165) is 5.56 Å². The number of nitrogens with one attached hydrogen (secondary N) is 1. The van der Waals surface area contributed by atoms with E-state index in [9.17, 15) is 9.59 Å². The van der Waals surface area contributed by atoms with Crippen molar-refractivity contribution in [1.82, 2.24) is 19.5 Å². The van der Waals surface area contributed by atoms with Crippen LogP contribution in [0.15, 0.2) is 53.5 Å². The lowest BCUT2D eigenvalue weighted by molar-refractivity contribution is 0.188. The van der Waals surface area contributed by atoms with Gasteiger partial charge in [0, 0.05) is 6.20 Å². The number of hydrogen-bond donors (Lipinski definition) is 2. The van der Waals surface area contributed by atoms with E-state index < -0.39 is 12.1 Å². The van der Waals surface area contributed by atoms with Crippen LogP contribution in [0.2, 0.25) is 0 Å². The summed E-state index contributed by atoms with van der Waals surface area (Å²) in [7, 11) is 0. The summed E-state index contributed by atoms with van der Waals surface area (Å²) in [4.78, 5) is 23.9. The molecule has 1 atom stereocenters. The van der Waals surface area contributed by atoms with Crippen molar-refractivity contribution < 1.29 is 9.90 Å². The van der Waals surface area contributed by atoms with Crippen LogP contribution in [0.5, 0.6) is 0 Å². The number of carbonyl (C=O) groups is 1. The van der Waals surface area contributed by atoms with Crippen molar-refractivity contribution in [3.05, 3.63) is 70.4 Å². The van der Waals surface area contributed by atoms with Gasteiger partial charge in [0.1, 0.15) is 5.52 Å². The zero-order valence-electron chi connectivity index (χ0n) is 13.2. The fourth-order valence-corrected chi connectivity index (χ4v) is 2.71. The zero-order chi connectivity index (χ0) is 17.1. The summed E-state index contributed by atoms with van der Waals surface area (Å²) in [5.74, 6) is 0.400. The summed E-state index contributed by atoms with van der Waals surface area (Å²) in [6.45, 7) is 2.18. The Bertz CT molecular complexity index is 914. The number of benzene rings is 1. The van der Waals surface area contributed by atoms with Crippen molar-refractivity contribution in [2.75, 3.05) is 0 Å². The van der Waals surface area contributed by atoms with Gasteiger partial charge in [-0.3, -0.25) is 9.36 Å². The second-order valence-corrected chi connectivity index (χ2v) is 5.48. The molecule has 0 aliphatic heterocycles. The largest absolute Gasteiger partial charge is 0.465 e. The van der Waals surface area contributed by atoms with E-state index in [1.165, 1.54) is 9.08 Å². The Kier molecular flexibility index (Phi) is 4.33. The van der Waals surface area contributed by atoms with E-state index in [0.29, 0.717) is 24.3 Å². The first-order valence-corrected chi connectivity index (χ1v) is 7.71. The molecule has 0 radical (unpaired) electrons. The van der Waals surface area contributed by atoms with Gasteiger partial charge in [-0.15, -0.1) is 0 Å². The molecule has 1 unspecified atom stereocenters. The first-order valence-electron chi connectivity index (χ1n) is 7.71. The van der Waals surface area contributed by atoms with Crippen molar-refractivity contribution in [3.8, 4) is 0 Å². The topological polar surface area (TPSA) is 88.6 Å². The minimum absolute atomic E-state index is 0.195. The molecule has 0 bridgehead atoms. The predicted molar refractivity (Wildman–Crippen MR) is 89.2 cm³/mol. The Balaban J connectivity index is 2.16. The van der Waals surface area contributed by atoms with Crippen molar-refractivity contribution in [2.24, 2.45) is 0 Å². The first kappa shape index (κ1) is 15.8. The molecule has 7 nitrogen and oxygen atoms in total. The van der Waals surface area contributed by atoms with Crippen LogP contribution >= 0.6 is 0 Å². The summed E-state index contributed by atoms with van der Waals surface area (Å²) < 4.78 is 3.03. The summed E-state index contributed by atoms with van der Waals surface area (Å²) in [5.41, 5.74) is 1.21. The molecule has 0 saturated heterocycles. The maximum absolute atomic E-state index is 12.8. The lowest BCUT2D eigenvalue weighted by Gasteiger charge is -2.20. The third-order valence-electron chi connectivity index (χ3n) is 3.88. The minimum atomic E-state index is -1.14. The number of nitrogens with zero attached hydrogens (tertiary/aromatic N) is 3. The van der Waals surface area contributed by atoms with Crippen LogP contribution in [0.3, 0.4) is 0 Å². The number of carboxylic acid groups (broad SMARTS) is 1. The van der Waals surface area contributed by atoms with E-state index in [4.69, 9.17) is 5.11 Å². The third-order valence-corrected chi connectivity index (χ3v) is 3.88. The van der Waals surface area contributed by atoms with E-state index in [1.807, 2.05) is 37.3 Å². The molecule has 0 saturated carbocycles. The van der Waals surface area contributed by atoms with Crippen LogP contribution in [0.4, 0.5) is 4.79 Å². The van der Waals surface area contributed by atoms with E-state index in [2.05, 4.69) is 10.4 Å². The highest BCUT2D eigenvalue weighted by Crippen LogP contribution is 2.15. The minimum Gasteiger partial charge on any atom is -0.465 e. The van der Waals surface area contributed by atoms with Gasteiger partial charge in [-0.1, -0.05) is 37.3 Å². The van der Waals surface area contributed by atoms with Gasteiger partial charge < -0.3 is 10.4 Å². The molecule has 24 heavy (non-hydrogen) atoms. The molecule has 0 spiro atoms. The lowest BCUT2D eigenvalue weighted by atomic mass is 10.2. The molecule has 3 aromatic rings. The molecule has 0 aliphatic rings. The average Bonchev–Trinajstić information content (AvgIpc) is 3.05. The van der Waals surface area contributed by atoms with Gasteiger partial charge in [-0.05, 0) is 24.1 Å². The zero-order valence-corrected chi connectivity index (χ0v) is 13.2. The molecule has 0 fully saturated rings. The summed E-state index contributed by atoms with van der Waals surface area (Å²) in [6.07, 6.45) is 1.02. The average molecular weight is 326 g/mol. The van der Waals surface area contributed by atoms with Crippen LogP contribution in [0, 0.1) is 0 Å². The maximum Gasteiger partial charge on any atom is 0.405 e. The molecule has 0 aliphatic carbocycles. The Morgan fingerprint density at radius 1 is 1.25 bits per heavy atom.